The van der Waals surface area contributed by atoms with Crippen LogP contribution in [0.3, 0.4) is 0 Å². The van der Waals surface area contributed by atoms with Crippen molar-refractivity contribution in [3.05, 3.63) is 40.6 Å². The van der Waals surface area contributed by atoms with Crippen molar-refractivity contribution in [2.24, 2.45) is 0 Å². The van der Waals surface area contributed by atoms with E-state index in [2.05, 4.69) is 57.1 Å². The van der Waals surface area contributed by atoms with Crippen molar-refractivity contribution in [2.45, 2.75) is 45.7 Å². The first-order valence-electron chi connectivity index (χ1n) is 7.35. The van der Waals surface area contributed by atoms with Gasteiger partial charge in [-0.25, -0.2) is 9.67 Å². The van der Waals surface area contributed by atoms with E-state index in [9.17, 15) is 0 Å². The van der Waals surface area contributed by atoms with Crippen molar-refractivity contribution in [2.75, 3.05) is 6.54 Å². The molecule has 2 aromatic rings. The number of rotatable bonds is 7. The fourth-order valence-electron chi connectivity index (χ4n) is 2.23. The Hall–Kier alpha value is -1.27. The summed E-state index contributed by atoms with van der Waals surface area (Å²) in [5.41, 5.74) is 1.03. The molecule has 2 aromatic heterocycles. The molecule has 0 fully saturated rings. The Morgan fingerprint density at radius 2 is 2.10 bits per heavy atom. The molecule has 2 heterocycles. The van der Waals surface area contributed by atoms with Crippen LogP contribution in [0.2, 0.25) is 0 Å². The quantitative estimate of drug-likeness (QED) is 0.831. The van der Waals surface area contributed by atoms with Gasteiger partial charge in [0.25, 0.3) is 0 Å². The number of halogens is 1. The molecule has 0 radical (unpaired) electrons. The van der Waals surface area contributed by atoms with Gasteiger partial charge in [-0.05, 0) is 54.9 Å². The molecule has 0 spiro atoms. The summed E-state index contributed by atoms with van der Waals surface area (Å²) in [6, 6.07) is 4.54. The van der Waals surface area contributed by atoms with Gasteiger partial charge in [-0.3, -0.25) is 4.98 Å². The van der Waals surface area contributed by atoms with Gasteiger partial charge in [0.2, 0.25) is 0 Å². The molecule has 5 nitrogen and oxygen atoms in total. The molecule has 1 unspecified atom stereocenters. The summed E-state index contributed by atoms with van der Waals surface area (Å²) in [5, 5.41) is 7.86. The molecule has 1 N–H and O–H groups in total. The molecule has 0 amide bonds. The predicted octanol–water partition coefficient (Wildman–Crippen LogP) is 3.30. The molecule has 2 rings (SSSR count). The summed E-state index contributed by atoms with van der Waals surface area (Å²) in [7, 11) is 0. The van der Waals surface area contributed by atoms with Crippen LogP contribution in [-0.2, 0) is 6.42 Å². The second kappa shape index (κ2) is 7.66. The lowest BCUT2D eigenvalue weighted by Crippen LogP contribution is -2.26. The molecule has 114 valence electrons. The molecule has 0 aromatic carbocycles. The zero-order valence-corrected chi connectivity index (χ0v) is 14.3. The summed E-state index contributed by atoms with van der Waals surface area (Å²) < 4.78 is 2.96. The molecule has 0 aliphatic carbocycles. The van der Waals surface area contributed by atoms with Crippen molar-refractivity contribution in [1.29, 1.82) is 0 Å². The summed E-state index contributed by atoms with van der Waals surface area (Å²) >= 11 is 3.43. The zero-order valence-electron chi connectivity index (χ0n) is 12.8. The lowest BCUT2D eigenvalue weighted by Gasteiger charge is -2.19. The van der Waals surface area contributed by atoms with E-state index in [1.165, 1.54) is 0 Å². The SMILES string of the molecule is CCCNC(Cc1ncnn1C(C)C)c1ccc(Br)cn1. The minimum atomic E-state index is 0.153. The minimum Gasteiger partial charge on any atom is -0.308 e. The second-order valence-corrected chi connectivity index (χ2v) is 6.24. The lowest BCUT2D eigenvalue weighted by atomic mass is 10.1. The third kappa shape index (κ3) is 4.35. The Kier molecular flexibility index (Phi) is 5.87. The first-order valence-corrected chi connectivity index (χ1v) is 8.14. The monoisotopic (exact) mass is 351 g/mol. The van der Waals surface area contributed by atoms with Gasteiger partial charge < -0.3 is 5.32 Å². The first-order chi connectivity index (χ1) is 10.1. The van der Waals surface area contributed by atoms with E-state index in [4.69, 9.17) is 0 Å². The topological polar surface area (TPSA) is 55.6 Å². The van der Waals surface area contributed by atoms with Gasteiger partial charge in [0, 0.05) is 23.1 Å². The number of nitrogens with one attached hydrogen (secondary N) is 1. The Morgan fingerprint density at radius 3 is 2.71 bits per heavy atom. The molecular weight excluding hydrogens is 330 g/mol. The molecule has 0 saturated carbocycles. The lowest BCUT2D eigenvalue weighted by molar-refractivity contribution is 0.458. The van der Waals surface area contributed by atoms with Crippen LogP contribution >= 0.6 is 15.9 Å². The van der Waals surface area contributed by atoms with Crippen LogP contribution in [0.4, 0.5) is 0 Å². The number of aromatic nitrogens is 4. The van der Waals surface area contributed by atoms with Gasteiger partial charge in [-0.15, -0.1) is 0 Å². The van der Waals surface area contributed by atoms with Crippen molar-refractivity contribution < 1.29 is 0 Å². The van der Waals surface area contributed by atoms with Crippen LogP contribution in [0.25, 0.3) is 0 Å². The highest BCUT2D eigenvalue weighted by molar-refractivity contribution is 9.10. The number of hydrogen-bond acceptors (Lipinski definition) is 4. The van der Waals surface area contributed by atoms with Gasteiger partial charge in [0.1, 0.15) is 12.2 Å². The number of hydrogen-bond donors (Lipinski definition) is 1. The van der Waals surface area contributed by atoms with Gasteiger partial charge in [0.15, 0.2) is 0 Å². The maximum Gasteiger partial charge on any atom is 0.138 e. The van der Waals surface area contributed by atoms with Crippen LogP contribution in [0.1, 0.15) is 50.8 Å². The number of nitrogens with zero attached hydrogens (tertiary/aromatic N) is 4. The highest BCUT2D eigenvalue weighted by Crippen LogP contribution is 2.19. The Labute approximate surface area is 134 Å². The van der Waals surface area contributed by atoms with E-state index in [0.717, 1.165) is 35.4 Å². The van der Waals surface area contributed by atoms with Gasteiger partial charge in [-0.2, -0.15) is 5.10 Å². The van der Waals surface area contributed by atoms with Crippen LogP contribution < -0.4 is 5.32 Å². The van der Waals surface area contributed by atoms with Gasteiger partial charge >= 0.3 is 0 Å². The highest BCUT2D eigenvalue weighted by Gasteiger charge is 2.17. The minimum absolute atomic E-state index is 0.153. The summed E-state index contributed by atoms with van der Waals surface area (Å²) in [6.07, 6.45) is 5.33. The predicted molar refractivity (Wildman–Crippen MR) is 87.1 cm³/mol. The molecule has 0 aliphatic rings. The van der Waals surface area contributed by atoms with Crippen LogP contribution in [0.15, 0.2) is 29.1 Å². The molecular formula is C15H22BrN5. The third-order valence-corrected chi connectivity index (χ3v) is 3.74. The van der Waals surface area contributed by atoms with Crippen LogP contribution in [0, 0.1) is 0 Å². The van der Waals surface area contributed by atoms with Gasteiger partial charge in [-0.1, -0.05) is 6.92 Å². The summed E-state index contributed by atoms with van der Waals surface area (Å²) in [4.78, 5) is 8.92. The van der Waals surface area contributed by atoms with Crippen molar-refractivity contribution >= 4 is 15.9 Å². The standard InChI is InChI=1S/C15H22BrN5/c1-4-7-17-14(13-6-5-12(16)9-18-13)8-15-19-10-20-21(15)11(2)3/h5-6,9-11,14,17H,4,7-8H2,1-3H3. The maximum atomic E-state index is 4.52. The Morgan fingerprint density at radius 1 is 1.29 bits per heavy atom. The third-order valence-electron chi connectivity index (χ3n) is 3.27. The maximum absolute atomic E-state index is 4.52. The van der Waals surface area contributed by atoms with Gasteiger partial charge in [0.05, 0.1) is 11.7 Å². The molecule has 6 heteroatoms. The molecule has 0 bridgehead atoms. The second-order valence-electron chi connectivity index (χ2n) is 5.33. The van der Waals surface area contributed by atoms with E-state index in [0.29, 0.717) is 6.04 Å². The van der Waals surface area contributed by atoms with Crippen molar-refractivity contribution in [1.82, 2.24) is 25.1 Å². The molecule has 0 saturated heterocycles. The van der Waals surface area contributed by atoms with E-state index >= 15 is 0 Å². The Balaban J connectivity index is 2.19. The van der Waals surface area contributed by atoms with E-state index in [-0.39, 0.29) is 6.04 Å². The van der Waals surface area contributed by atoms with Crippen molar-refractivity contribution in [3.63, 3.8) is 0 Å². The highest BCUT2D eigenvalue weighted by atomic mass is 79.9. The van der Waals surface area contributed by atoms with Crippen molar-refractivity contribution in [3.8, 4) is 0 Å². The molecule has 21 heavy (non-hydrogen) atoms. The zero-order chi connectivity index (χ0) is 15.2. The van der Waals surface area contributed by atoms with Crippen LogP contribution in [0.5, 0.6) is 0 Å². The Bertz CT molecular complexity index is 549. The van der Waals surface area contributed by atoms with E-state index in [1.807, 2.05) is 23.0 Å². The smallest absolute Gasteiger partial charge is 0.138 e. The molecule has 1 atom stereocenters. The average molecular weight is 352 g/mol. The van der Waals surface area contributed by atoms with E-state index < -0.39 is 0 Å². The van der Waals surface area contributed by atoms with E-state index in [1.54, 1.807) is 6.33 Å². The first kappa shape index (κ1) is 16.1. The fraction of sp³-hybridized carbons (Fsp3) is 0.533. The largest absolute Gasteiger partial charge is 0.308 e. The number of pyridine rings is 1. The average Bonchev–Trinajstić information content (AvgIpc) is 2.93. The summed E-state index contributed by atoms with van der Waals surface area (Å²) in [6.45, 7) is 7.35. The normalized spacial score (nSPS) is 12.8. The summed E-state index contributed by atoms with van der Waals surface area (Å²) in [5.74, 6) is 0.989. The molecule has 0 aliphatic heterocycles. The van der Waals surface area contributed by atoms with Crippen LogP contribution in [-0.4, -0.2) is 26.3 Å². The fourth-order valence-corrected chi connectivity index (χ4v) is 2.46.